The lowest BCUT2D eigenvalue weighted by Crippen LogP contribution is -2.48. The van der Waals surface area contributed by atoms with Crippen molar-refractivity contribution in [3.8, 4) is 0 Å². The zero-order valence-corrected chi connectivity index (χ0v) is 13.9. The number of aliphatic hydroxyl groups is 1. The van der Waals surface area contributed by atoms with Crippen LogP contribution in [0.2, 0.25) is 5.02 Å². The first kappa shape index (κ1) is 16.7. The van der Waals surface area contributed by atoms with Gasteiger partial charge in [-0.15, -0.1) is 0 Å². The smallest absolute Gasteiger partial charge is 0.335 e. The molecule has 126 valence electrons. The molecule has 1 aliphatic heterocycles. The SMILES string of the molecule is O=C(O)c1ccc(Cl)c(S(=O)(=O)N2CC[C@@H](O)C[C@@H]2C2CC2)c1. The third-order valence-electron chi connectivity index (χ3n) is 4.50. The summed E-state index contributed by atoms with van der Waals surface area (Å²) in [6, 6.07) is 3.44. The van der Waals surface area contributed by atoms with E-state index in [2.05, 4.69) is 0 Å². The molecule has 2 aliphatic rings. The molecular formula is C15H18ClNO5S. The Morgan fingerprint density at radius 3 is 2.57 bits per heavy atom. The summed E-state index contributed by atoms with van der Waals surface area (Å²) in [7, 11) is -3.90. The van der Waals surface area contributed by atoms with Crippen LogP contribution in [0.4, 0.5) is 0 Å². The van der Waals surface area contributed by atoms with Gasteiger partial charge in [0.05, 0.1) is 16.7 Å². The van der Waals surface area contributed by atoms with Crippen molar-refractivity contribution in [2.45, 2.75) is 42.7 Å². The number of carbonyl (C=O) groups is 1. The third kappa shape index (κ3) is 3.24. The number of aromatic carboxylic acids is 1. The third-order valence-corrected chi connectivity index (χ3v) is 6.90. The Bertz CT molecular complexity index is 731. The summed E-state index contributed by atoms with van der Waals surface area (Å²) < 4.78 is 27.4. The highest BCUT2D eigenvalue weighted by molar-refractivity contribution is 7.89. The van der Waals surface area contributed by atoms with E-state index in [1.165, 1.54) is 16.4 Å². The molecule has 0 radical (unpaired) electrons. The van der Waals surface area contributed by atoms with E-state index in [0.717, 1.165) is 18.9 Å². The number of aliphatic hydroxyl groups excluding tert-OH is 1. The summed E-state index contributed by atoms with van der Waals surface area (Å²) in [5, 5.41) is 18.9. The fourth-order valence-corrected chi connectivity index (χ4v) is 5.34. The second-order valence-corrected chi connectivity index (χ2v) is 8.42. The number of halogens is 1. The Labute approximate surface area is 139 Å². The summed E-state index contributed by atoms with van der Waals surface area (Å²) in [6.45, 7) is 0.221. The molecule has 1 saturated carbocycles. The number of hydrogen-bond acceptors (Lipinski definition) is 4. The molecule has 3 rings (SSSR count). The van der Waals surface area contributed by atoms with Gasteiger partial charge in [0, 0.05) is 12.6 Å². The monoisotopic (exact) mass is 359 g/mol. The lowest BCUT2D eigenvalue weighted by atomic mass is 9.98. The average Bonchev–Trinajstić information content (AvgIpc) is 3.31. The predicted molar refractivity (Wildman–Crippen MR) is 84.1 cm³/mol. The molecule has 2 atom stereocenters. The Morgan fingerprint density at radius 1 is 1.26 bits per heavy atom. The maximum atomic E-state index is 13.0. The first-order chi connectivity index (χ1) is 10.8. The van der Waals surface area contributed by atoms with Crippen molar-refractivity contribution in [2.24, 2.45) is 5.92 Å². The molecule has 0 amide bonds. The average molecular weight is 360 g/mol. The minimum Gasteiger partial charge on any atom is -0.478 e. The molecule has 1 aliphatic carbocycles. The van der Waals surface area contributed by atoms with Gasteiger partial charge in [0.2, 0.25) is 10.0 Å². The Morgan fingerprint density at radius 2 is 1.96 bits per heavy atom. The summed E-state index contributed by atoms with van der Waals surface area (Å²) in [6.07, 6.45) is 2.20. The standard InChI is InChI=1S/C15H18ClNO5S/c16-12-4-3-10(15(19)20)7-14(12)23(21,22)17-6-5-11(18)8-13(17)9-1-2-9/h3-4,7,9,11,13,18H,1-2,5-6,8H2,(H,19,20)/t11-,13-/m1/s1. The van der Waals surface area contributed by atoms with E-state index in [4.69, 9.17) is 16.7 Å². The molecule has 0 unspecified atom stereocenters. The molecule has 2 N–H and O–H groups in total. The Kier molecular flexibility index (Phi) is 4.39. The van der Waals surface area contributed by atoms with Crippen LogP contribution in [-0.4, -0.2) is 47.6 Å². The fourth-order valence-electron chi connectivity index (χ4n) is 3.12. The first-order valence-corrected chi connectivity index (χ1v) is 9.35. The van der Waals surface area contributed by atoms with Crippen molar-refractivity contribution < 1.29 is 23.4 Å². The van der Waals surface area contributed by atoms with E-state index in [1.54, 1.807) is 0 Å². The molecule has 1 heterocycles. The minimum atomic E-state index is -3.90. The van der Waals surface area contributed by atoms with Crippen LogP contribution < -0.4 is 0 Å². The number of sulfonamides is 1. The van der Waals surface area contributed by atoms with Crippen LogP contribution in [-0.2, 0) is 10.0 Å². The van der Waals surface area contributed by atoms with Crippen molar-refractivity contribution in [1.29, 1.82) is 0 Å². The molecule has 0 bridgehead atoms. The molecule has 6 nitrogen and oxygen atoms in total. The van der Waals surface area contributed by atoms with Gasteiger partial charge in [-0.05, 0) is 49.8 Å². The van der Waals surface area contributed by atoms with Gasteiger partial charge < -0.3 is 10.2 Å². The van der Waals surface area contributed by atoms with E-state index < -0.39 is 22.1 Å². The Hall–Kier alpha value is -1.15. The summed E-state index contributed by atoms with van der Waals surface area (Å²) >= 11 is 6.03. The number of carboxylic acids is 1. The lowest BCUT2D eigenvalue weighted by Gasteiger charge is -2.37. The number of benzene rings is 1. The fraction of sp³-hybridized carbons (Fsp3) is 0.533. The molecule has 1 aromatic rings. The van der Waals surface area contributed by atoms with Crippen molar-refractivity contribution in [1.82, 2.24) is 4.31 Å². The first-order valence-electron chi connectivity index (χ1n) is 7.53. The largest absolute Gasteiger partial charge is 0.478 e. The van der Waals surface area contributed by atoms with Gasteiger partial charge in [0.1, 0.15) is 4.90 Å². The van der Waals surface area contributed by atoms with E-state index in [-0.39, 0.29) is 34.0 Å². The topological polar surface area (TPSA) is 94.9 Å². The number of carboxylic acid groups (broad SMARTS) is 1. The molecule has 2 fully saturated rings. The second-order valence-electron chi connectivity index (χ2n) is 6.15. The number of rotatable bonds is 4. The molecular weight excluding hydrogens is 342 g/mol. The van der Waals surface area contributed by atoms with Crippen LogP contribution in [0.15, 0.2) is 23.1 Å². The molecule has 1 saturated heterocycles. The van der Waals surface area contributed by atoms with Crippen LogP contribution in [0.25, 0.3) is 0 Å². The van der Waals surface area contributed by atoms with Crippen LogP contribution >= 0.6 is 11.6 Å². The summed E-state index contributed by atoms with van der Waals surface area (Å²) in [5.41, 5.74) is -0.118. The van der Waals surface area contributed by atoms with Crippen LogP contribution in [0.5, 0.6) is 0 Å². The van der Waals surface area contributed by atoms with E-state index in [9.17, 15) is 18.3 Å². The minimum absolute atomic E-state index is 0.00988. The van der Waals surface area contributed by atoms with Crippen molar-refractivity contribution in [2.75, 3.05) is 6.54 Å². The Balaban J connectivity index is 2.00. The van der Waals surface area contributed by atoms with Gasteiger partial charge in [-0.2, -0.15) is 4.31 Å². The van der Waals surface area contributed by atoms with Crippen LogP contribution in [0.3, 0.4) is 0 Å². The zero-order chi connectivity index (χ0) is 16.8. The molecule has 8 heteroatoms. The van der Waals surface area contributed by atoms with Crippen LogP contribution in [0.1, 0.15) is 36.0 Å². The highest BCUT2D eigenvalue weighted by Crippen LogP contribution is 2.42. The molecule has 1 aromatic carbocycles. The van der Waals surface area contributed by atoms with Gasteiger partial charge in [-0.3, -0.25) is 0 Å². The number of nitrogens with zero attached hydrogens (tertiary/aromatic N) is 1. The van der Waals surface area contributed by atoms with Crippen molar-refractivity contribution in [3.63, 3.8) is 0 Å². The molecule has 23 heavy (non-hydrogen) atoms. The van der Waals surface area contributed by atoms with Gasteiger partial charge in [0.15, 0.2) is 0 Å². The van der Waals surface area contributed by atoms with Gasteiger partial charge >= 0.3 is 5.97 Å². The van der Waals surface area contributed by atoms with E-state index >= 15 is 0 Å². The number of piperidine rings is 1. The van der Waals surface area contributed by atoms with Crippen molar-refractivity contribution in [3.05, 3.63) is 28.8 Å². The van der Waals surface area contributed by atoms with E-state index in [1.807, 2.05) is 0 Å². The maximum absolute atomic E-state index is 13.0. The highest BCUT2D eigenvalue weighted by atomic mass is 35.5. The second kappa shape index (κ2) is 6.05. The summed E-state index contributed by atoms with van der Waals surface area (Å²) in [4.78, 5) is 10.9. The quantitative estimate of drug-likeness (QED) is 0.856. The highest BCUT2D eigenvalue weighted by Gasteiger charge is 2.44. The summed E-state index contributed by atoms with van der Waals surface area (Å²) in [5.74, 6) is -0.938. The van der Waals surface area contributed by atoms with Crippen LogP contribution in [0, 0.1) is 5.92 Å². The molecule has 0 aromatic heterocycles. The van der Waals surface area contributed by atoms with Gasteiger partial charge in [-0.1, -0.05) is 11.6 Å². The van der Waals surface area contributed by atoms with Gasteiger partial charge in [-0.25, -0.2) is 13.2 Å². The predicted octanol–water partition coefficient (Wildman–Crippen LogP) is 1.96. The normalized spacial score (nSPS) is 26.2. The van der Waals surface area contributed by atoms with E-state index in [0.29, 0.717) is 12.8 Å². The van der Waals surface area contributed by atoms with Gasteiger partial charge in [0.25, 0.3) is 0 Å². The lowest BCUT2D eigenvalue weighted by molar-refractivity contribution is 0.0696. The zero-order valence-electron chi connectivity index (χ0n) is 12.4. The number of hydrogen-bond donors (Lipinski definition) is 2. The van der Waals surface area contributed by atoms with Crippen molar-refractivity contribution >= 4 is 27.6 Å². The maximum Gasteiger partial charge on any atom is 0.335 e. The molecule has 0 spiro atoms.